The Kier molecular flexibility index (Phi) is 11.7. The molecule has 5 aromatic rings. The van der Waals surface area contributed by atoms with E-state index < -0.39 is 35.5 Å². The molecule has 0 saturated carbocycles. The second-order valence-electron chi connectivity index (χ2n) is 14.9. The van der Waals surface area contributed by atoms with Gasteiger partial charge in [-0.05, 0) is 86.4 Å². The molecule has 3 aromatic carbocycles. The number of ether oxygens (including phenoxy) is 1. The smallest absolute Gasteiger partial charge is 0.263 e. The number of aromatic nitrogens is 4. The number of fused-ring (bicyclic) bond motifs is 2. The van der Waals surface area contributed by atoms with Crippen molar-refractivity contribution in [3.63, 3.8) is 0 Å². The van der Waals surface area contributed by atoms with Crippen molar-refractivity contribution >= 4 is 58.1 Å². The molecule has 3 N–H and O–H groups in total. The maximum absolute atomic E-state index is 15.0. The minimum Gasteiger partial charge on any atom is -0.457 e. The third-order valence-corrected chi connectivity index (χ3v) is 12.2. The van der Waals surface area contributed by atoms with Gasteiger partial charge in [0.2, 0.25) is 17.7 Å². The summed E-state index contributed by atoms with van der Waals surface area (Å²) in [6.45, 7) is 1.19. The third kappa shape index (κ3) is 8.26. The van der Waals surface area contributed by atoms with E-state index in [4.69, 9.17) is 15.6 Å². The zero-order chi connectivity index (χ0) is 41.0. The van der Waals surface area contributed by atoms with Gasteiger partial charge >= 0.3 is 0 Å². The van der Waals surface area contributed by atoms with Gasteiger partial charge in [-0.15, -0.1) is 11.8 Å². The van der Waals surface area contributed by atoms with Gasteiger partial charge in [0.15, 0.2) is 5.65 Å². The van der Waals surface area contributed by atoms with Gasteiger partial charge in [-0.3, -0.25) is 34.2 Å². The Morgan fingerprint density at radius 1 is 0.898 bits per heavy atom. The number of nitrogens with one attached hydrogen (secondary N) is 1. The molecule has 5 heterocycles. The molecule has 0 radical (unpaired) electrons. The van der Waals surface area contributed by atoms with Gasteiger partial charge in [0, 0.05) is 31.5 Å². The molecule has 59 heavy (non-hydrogen) atoms. The summed E-state index contributed by atoms with van der Waals surface area (Å²) in [5.41, 5.74) is 8.57. The average molecular weight is 819 g/mol. The molecule has 0 bridgehead atoms. The quantitative estimate of drug-likeness (QED) is 0.0691. The topological polar surface area (TPSA) is 183 Å². The van der Waals surface area contributed by atoms with Crippen LogP contribution in [0, 0.1) is 5.82 Å². The van der Waals surface area contributed by atoms with Crippen molar-refractivity contribution in [3.05, 3.63) is 90.0 Å². The molecule has 304 valence electrons. The Bertz CT molecular complexity index is 2430. The van der Waals surface area contributed by atoms with Crippen molar-refractivity contribution < 1.29 is 33.1 Å². The maximum Gasteiger partial charge on any atom is 0.263 e. The number of rotatable bonds is 14. The number of carbonyl (C=O) groups is 5. The molecule has 3 aliphatic heterocycles. The summed E-state index contributed by atoms with van der Waals surface area (Å²) >= 11 is 1.18. The fraction of sp³-hybridized carbons (Fsp3) is 0.349. The molecular formula is C43H43FN8O6S. The van der Waals surface area contributed by atoms with Gasteiger partial charge in [-0.1, -0.05) is 37.5 Å². The van der Waals surface area contributed by atoms with E-state index in [1.54, 1.807) is 0 Å². The molecule has 2 atom stereocenters. The van der Waals surface area contributed by atoms with Crippen LogP contribution in [0.25, 0.3) is 22.3 Å². The lowest BCUT2D eigenvalue weighted by atomic mass is 10.0. The number of carbonyl (C=O) groups excluding carboxylic acids is 5. The van der Waals surface area contributed by atoms with Crippen molar-refractivity contribution in [1.29, 1.82) is 0 Å². The van der Waals surface area contributed by atoms with Crippen LogP contribution >= 0.6 is 11.8 Å². The Morgan fingerprint density at radius 3 is 2.46 bits per heavy atom. The van der Waals surface area contributed by atoms with Crippen LogP contribution in [0.5, 0.6) is 11.5 Å². The zero-order valence-electron chi connectivity index (χ0n) is 32.3. The average Bonchev–Trinajstić information content (AvgIpc) is 3.75. The highest BCUT2D eigenvalue weighted by molar-refractivity contribution is 7.99. The number of nitrogen functional groups attached to an aromatic ring is 1. The number of nitrogens with zero attached hydrogens (tertiary/aromatic N) is 6. The van der Waals surface area contributed by atoms with Crippen LogP contribution in [0.3, 0.4) is 0 Å². The Hall–Kier alpha value is -6.16. The molecule has 3 aliphatic rings. The minimum absolute atomic E-state index is 0.00769. The molecule has 0 aliphatic carbocycles. The fourth-order valence-corrected chi connectivity index (χ4v) is 9.12. The summed E-state index contributed by atoms with van der Waals surface area (Å²) in [4.78, 5) is 75.6. The van der Waals surface area contributed by atoms with Gasteiger partial charge in [-0.25, -0.2) is 19.0 Å². The van der Waals surface area contributed by atoms with E-state index in [1.807, 2.05) is 64.2 Å². The minimum atomic E-state index is -1.11. The lowest BCUT2D eigenvalue weighted by Crippen LogP contribution is -2.54. The number of hydrogen-bond donors (Lipinski definition) is 2. The van der Waals surface area contributed by atoms with Crippen LogP contribution in [-0.4, -0.2) is 84.0 Å². The molecular weight excluding hydrogens is 776 g/mol. The van der Waals surface area contributed by atoms with E-state index in [-0.39, 0.29) is 40.8 Å². The molecule has 16 heteroatoms. The highest BCUT2D eigenvalue weighted by Crippen LogP contribution is 2.38. The monoisotopic (exact) mass is 818 g/mol. The lowest BCUT2D eigenvalue weighted by Gasteiger charge is -2.33. The summed E-state index contributed by atoms with van der Waals surface area (Å²) < 4.78 is 22.9. The maximum atomic E-state index is 15.0. The standard InChI is InChI=1S/C43H43FN8O6S/c44-31-19-18-30-35(43(57)51(42(30)56)32-20-21-33(53)48-41(32)55)38(31)59-23-8-3-1-2-7-13-34(54)50-22-9-10-27(24-50)52-40-36(39(45)46-25-47-40)37(49-52)26-14-16-29(17-15-26)58-28-11-5-4-6-12-28/h4-6,11-12,14-19,25,27,32H,1-3,7-10,13,20-24H2,(H2,45,46,47)(H,48,53,55). The molecule has 2 fully saturated rings. The lowest BCUT2D eigenvalue weighted by molar-refractivity contribution is -0.136. The predicted octanol–water partition coefficient (Wildman–Crippen LogP) is 6.70. The number of likely N-dealkylation sites (tertiary alicyclic amines) is 1. The summed E-state index contributed by atoms with van der Waals surface area (Å²) in [5.74, 6) is -0.751. The highest BCUT2D eigenvalue weighted by Gasteiger charge is 2.46. The van der Waals surface area contributed by atoms with E-state index in [0.717, 1.165) is 61.2 Å². The summed E-state index contributed by atoms with van der Waals surface area (Å²) in [5, 5.41) is 7.86. The van der Waals surface area contributed by atoms with Crippen molar-refractivity contribution in [2.75, 3.05) is 24.6 Å². The van der Waals surface area contributed by atoms with Crippen LogP contribution in [-0.2, 0) is 14.4 Å². The highest BCUT2D eigenvalue weighted by atomic mass is 32.2. The van der Waals surface area contributed by atoms with Gasteiger partial charge in [0.05, 0.1) is 27.5 Å². The molecule has 8 rings (SSSR count). The second-order valence-corrected chi connectivity index (χ2v) is 16.0. The second kappa shape index (κ2) is 17.4. The normalized spacial score (nSPS) is 18.1. The first-order chi connectivity index (χ1) is 28.7. The number of unbranched alkanes of at least 4 members (excludes halogenated alkanes) is 4. The third-order valence-electron chi connectivity index (χ3n) is 11.0. The number of para-hydroxylation sites is 1. The largest absolute Gasteiger partial charge is 0.457 e. The predicted molar refractivity (Wildman–Crippen MR) is 218 cm³/mol. The molecule has 14 nitrogen and oxygen atoms in total. The Labute approximate surface area is 343 Å². The number of halogens is 1. The van der Waals surface area contributed by atoms with Gasteiger partial charge in [-0.2, -0.15) is 5.10 Å². The van der Waals surface area contributed by atoms with E-state index in [0.29, 0.717) is 53.6 Å². The van der Waals surface area contributed by atoms with Crippen molar-refractivity contribution in [1.82, 2.24) is 34.9 Å². The number of imide groups is 2. The Morgan fingerprint density at radius 2 is 1.66 bits per heavy atom. The molecule has 5 amide bonds. The SMILES string of the molecule is Nc1ncnc2c1c(-c1ccc(Oc3ccccc3)cc1)nn2C1CCCN(C(=O)CCCCCCCSc2c(F)ccc3c2C(=O)N(C2CCC(=O)NC2=O)C3=O)C1. The van der Waals surface area contributed by atoms with E-state index in [1.165, 1.54) is 30.2 Å². The molecule has 0 spiro atoms. The van der Waals surface area contributed by atoms with Gasteiger partial charge < -0.3 is 15.4 Å². The summed E-state index contributed by atoms with van der Waals surface area (Å²) in [7, 11) is 0. The van der Waals surface area contributed by atoms with Crippen LogP contribution in [0.4, 0.5) is 10.2 Å². The number of amides is 5. The number of anilines is 1. The van der Waals surface area contributed by atoms with Crippen LogP contribution < -0.4 is 15.8 Å². The van der Waals surface area contributed by atoms with Crippen LogP contribution in [0.15, 0.2) is 78.0 Å². The Balaban J connectivity index is 0.814. The van der Waals surface area contributed by atoms with E-state index in [9.17, 15) is 24.0 Å². The van der Waals surface area contributed by atoms with Crippen molar-refractivity contribution in [2.45, 2.75) is 81.2 Å². The first-order valence-electron chi connectivity index (χ1n) is 19.9. The number of thioether (sulfide) groups is 1. The summed E-state index contributed by atoms with van der Waals surface area (Å²) in [6.07, 6.45) is 7.65. The number of nitrogens with two attached hydrogens (primary N) is 1. The molecule has 2 saturated heterocycles. The van der Waals surface area contributed by atoms with Gasteiger partial charge in [0.25, 0.3) is 11.8 Å². The number of hydrogen-bond acceptors (Lipinski definition) is 11. The van der Waals surface area contributed by atoms with Crippen molar-refractivity contribution in [3.8, 4) is 22.8 Å². The van der Waals surface area contributed by atoms with Gasteiger partial charge in [0.1, 0.15) is 41.2 Å². The van der Waals surface area contributed by atoms with E-state index >= 15 is 4.39 Å². The molecule has 2 unspecified atom stereocenters. The van der Waals surface area contributed by atoms with E-state index in [2.05, 4.69) is 15.3 Å². The summed E-state index contributed by atoms with van der Waals surface area (Å²) in [6, 6.07) is 18.5. The van der Waals surface area contributed by atoms with Crippen LogP contribution in [0.1, 0.15) is 91.0 Å². The van der Waals surface area contributed by atoms with Crippen molar-refractivity contribution in [2.24, 2.45) is 0 Å². The first-order valence-corrected chi connectivity index (χ1v) is 20.9. The van der Waals surface area contributed by atoms with Crippen LogP contribution in [0.2, 0.25) is 0 Å². The first kappa shape index (κ1) is 39.7. The zero-order valence-corrected chi connectivity index (χ0v) is 33.1. The molecule has 2 aromatic heterocycles. The fourth-order valence-electron chi connectivity index (χ4n) is 8.02. The number of benzene rings is 3. The number of piperidine rings is 2.